The van der Waals surface area contributed by atoms with E-state index in [9.17, 15) is 9.90 Å². The van der Waals surface area contributed by atoms with Gasteiger partial charge in [-0.05, 0) is 12.1 Å². The van der Waals surface area contributed by atoms with E-state index in [1.165, 1.54) is 0 Å². The number of rotatable bonds is 5. The summed E-state index contributed by atoms with van der Waals surface area (Å²) >= 11 is 0. The first-order valence-electron chi connectivity index (χ1n) is 4.68. The summed E-state index contributed by atoms with van der Waals surface area (Å²) in [5.41, 5.74) is 1.12. The fraction of sp³-hybridized carbons (Fsp3) is 0.364. The molecule has 0 atom stereocenters. The third kappa shape index (κ3) is 3.58. The predicted octanol–water partition coefficient (Wildman–Crippen LogP) is 0.258. The number of nitrogens with zero attached hydrogens (tertiary/aromatic N) is 1. The van der Waals surface area contributed by atoms with Crippen molar-refractivity contribution in [1.82, 2.24) is 4.90 Å². The van der Waals surface area contributed by atoms with E-state index >= 15 is 0 Å². The fourth-order valence-corrected chi connectivity index (χ4v) is 1.30. The lowest BCUT2D eigenvalue weighted by Crippen LogP contribution is -2.37. The second kappa shape index (κ2) is 5.40. The van der Waals surface area contributed by atoms with Gasteiger partial charge < -0.3 is 9.90 Å². The van der Waals surface area contributed by atoms with Gasteiger partial charge in [0, 0.05) is 13.1 Å². The predicted molar refractivity (Wildman–Crippen MR) is 52.4 cm³/mol. The molecule has 0 heterocycles. The largest absolute Gasteiger partial charge is 0.549 e. The number of likely N-dealkylation sites (N-methyl/N-ethyl adjacent to an activating group) is 1. The summed E-state index contributed by atoms with van der Waals surface area (Å²) in [6.07, 6.45) is 0. The molecule has 0 aliphatic heterocycles. The maximum Gasteiger partial charge on any atom is 0.0555 e. The highest BCUT2D eigenvalue weighted by molar-refractivity contribution is 5.66. The highest BCUT2D eigenvalue weighted by Crippen LogP contribution is 2.03. The summed E-state index contributed by atoms with van der Waals surface area (Å²) in [4.78, 5) is 12.2. The maximum absolute atomic E-state index is 10.4. The number of carboxylic acid groups (broad SMARTS) is 1. The molecule has 0 N–H and O–H groups in total. The normalized spacial score (nSPS) is 10.4. The van der Waals surface area contributed by atoms with Gasteiger partial charge in [0.05, 0.1) is 5.97 Å². The quantitative estimate of drug-likeness (QED) is 0.672. The van der Waals surface area contributed by atoms with Gasteiger partial charge in [0.1, 0.15) is 0 Å². The number of carbonyl (C=O) groups excluding carboxylic acids is 1. The number of hydrogen-bond acceptors (Lipinski definition) is 3. The number of benzene rings is 1. The molecular formula is C11H14NO2-. The third-order valence-electron chi connectivity index (χ3n) is 2.05. The molecular weight excluding hydrogens is 178 g/mol. The van der Waals surface area contributed by atoms with Crippen LogP contribution in [0, 0.1) is 0 Å². The number of hydrogen-bond donors (Lipinski definition) is 0. The van der Waals surface area contributed by atoms with Crippen LogP contribution in [0.25, 0.3) is 0 Å². The topological polar surface area (TPSA) is 43.4 Å². The zero-order valence-corrected chi connectivity index (χ0v) is 8.27. The Labute approximate surface area is 84.0 Å². The van der Waals surface area contributed by atoms with Crippen molar-refractivity contribution in [2.24, 2.45) is 0 Å². The smallest absolute Gasteiger partial charge is 0.0555 e. The Balaban J connectivity index is 2.53. The van der Waals surface area contributed by atoms with Gasteiger partial charge in [-0.3, -0.25) is 4.90 Å². The summed E-state index contributed by atoms with van der Waals surface area (Å²) in [5, 5.41) is 10.4. The Morgan fingerprint density at radius 2 is 2.00 bits per heavy atom. The average Bonchev–Trinajstić information content (AvgIpc) is 2.17. The Morgan fingerprint density at radius 3 is 2.50 bits per heavy atom. The molecule has 3 nitrogen and oxygen atoms in total. The van der Waals surface area contributed by atoms with Crippen LogP contribution in [0.2, 0.25) is 0 Å². The molecule has 0 radical (unpaired) electrons. The first kappa shape index (κ1) is 10.7. The van der Waals surface area contributed by atoms with E-state index < -0.39 is 5.97 Å². The summed E-state index contributed by atoms with van der Waals surface area (Å²) in [5.74, 6) is -1.03. The molecule has 0 aliphatic rings. The minimum absolute atomic E-state index is 0.00854. The lowest BCUT2D eigenvalue weighted by molar-refractivity contribution is -0.306. The summed E-state index contributed by atoms with van der Waals surface area (Å²) in [6.45, 7) is 3.30. The lowest BCUT2D eigenvalue weighted by Gasteiger charge is -2.20. The molecule has 0 saturated heterocycles. The van der Waals surface area contributed by atoms with Crippen molar-refractivity contribution in [1.29, 1.82) is 0 Å². The molecule has 76 valence electrons. The Hall–Kier alpha value is -1.35. The van der Waals surface area contributed by atoms with Crippen LogP contribution in [-0.4, -0.2) is 24.0 Å². The van der Waals surface area contributed by atoms with Gasteiger partial charge in [-0.15, -0.1) is 0 Å². The molecule has 0 aromatic heterocycles. The molecule has 0 saturated carbocycles. The Morgan fingerprint density at radius 1 is 1.36 bits per heavy atom. The highest BCUT2D eigenvalue weighted by Gasteiger charge is 2.02. The SMILES string of the molecule is CCN(CC(=O)[O-])Cc1ccccc1. The van der Waals surface area contributed by atoms with Crippen molar-refractivity contribution in [3.63, 3.8) is 0 Å². The van der Waals surface area contributed by atoms with Crippen LogP contribution < -0.4 is 5.11 Å². The van der Waals surface area contributed by atoms with Crippen molar-refractivity contribution in [2.75, 3.05) is 13.1 Å². The van der Waals surface area contributed by atoms with Crippen LogP contribution in [0.1, 0.15) is 12.5 Å². The molecule has 0 amide bonds. The van der Waals surface area contributed by atoms with Crippen LogP contribution in [0.4, 0.5) is 0 Å². The van der Waals surface area contributed by atoms with Crippen molar-refractivity contribution in [2.45, 2.75) is 13.5 Å². The van der Waals surface area contributed by atoms with Crippen molar-refractivity contribution < 1.29 is 9.90 Å². The average molecular weight is 192 g/mol. The van der Waals surface area contributed by atoms with E-state index in [-0.39, 0.29) is 6.54 Å². The van der Waals surface area contributed by atoms with Gasteiger partial charge in [-0.25, -0.2) is 0 Å². The molecule has 0 bridgehead atoms. The molecule has 14 heavy (non-hydrogen) atoms. The van der Waals surface area contributed by atoms with Gasteiger partial charge in [0.25, 0.3) is 0 Å². The second-order valence-corrected chi connectivity index (χ2v) is 3.16. The van der Waals surface area contributed by atoms with Crippen LogP contribution in [-0.2, 0) is 11.3 Å². The molecule has 1 aromatic carbocycles. The van der Waals surface area contributed by atoms with Crippen molar-refractivity contribution in [3.8, 4) is 0 Å². The second-order valence-electron chi connectivity index (χ2n) is 3.16. The molecule has 1 aromatic rings. The number of aliphatic carboxylic acids is 1. The standard InChI is InChI=1S/C11H15NO2/c1-2-12(9-11(13)14)8-10-6-4-3-5-7-10/h3-7H,2,8-9H2,1H3,(H,13,14)/p-1. The highest BCUT2D eigenvalue weighted by atomic mass is 16.4. The number of carboxylic acids is 1. The summed E-state index contributed by atoms with van der Waals surface area (Å²) in [6, 6.07) is 9.80. The van der Waals surface area contributed by atoms with E-state index in [0.717, 1.165) is 5.56 Å². The first-order chi connectivity index (χ1) is 6.72. The van der Waals surface area contributed by atoms with Gasteiger partial charge in [-0.2, -0.15) is 0 Å². The molecule has 0 spiro atoms. The zero-order chi connectivity index (χ0) is 10.4. The van der Waals surface area contributed by atoms with Crippen LogP contribution in [0.15, 0.2) is 30.3 Å². The minimum atomic E-state index is -1.03. The van der Waals surface area contributed by atoms with E-state index in [1.807, 2.05) is 42.2 Å². The zero-order valence-electron chi connectivity index (χ0n) is 8.27. The first-order valence-corrected chi connectivity index (χ1v) is 4.68. The van der Waals surface area contributed by atoms with Crippen LogP contribution in [0.5, 0.6) is 0 Å². The van der Waals surface area contributed by atoms with Crippen molar-refractivity contribution >= 4 is 5.97 Å². The molecule has 3 heteroatoms. The van der Waals surface area contributed by atoms with E-state index in [1.54, 1.807) is 0 Å². The Kier molecular flexibility index (Phi) is 4.13. The third-order valence-corrected chi connectivity index (χ3v) is 2.05. The van der Waals surface area contributed by atoms with E-state index in [0.29, 0.717) is 13.1 Å². The monoisotopic (exact) mass is 192 g/mol. The lowest BCUT2D eigenvalue weighted by atomic mass is 10.2. The molecule has 0 aliphatic carbocycles. The van der Waals surface area contributed by atoms with Crippen molar-refractivity contribution in [3.05, 3.63) is 35.9 Å². The van der Waals surface area contributed by atoms with Gasteiger partial charge >= 0.3 is 0 Å². The maximum atomic E-state index is 10.4. The van der Waals surface area contributed by atoms with Crippen LogP contribution >= 0.6 is 0 Å². The van der Waals surface area contributed by atoms with E-state index in [4.69, 9.17) is 0 Å². The summed E-state index contributed by atoms with van der Waals surface area (Å²) < 4.78 is 0. The van der Waals surface area contributed by atoms with Gasteiger partial charge in [-0.1, -0.05) is 37.3 Å². The summed E-state index contributed by atoms with van der Waals surface area (Å²) in [7, 11) is 0. The van der Waals surface area contributed by atoms with Gasteiger partial charge in [0.2, 0.25) is 0 Å². The minimum Gasteiger partial charge on any atom is -0.549 e. The van der Waals surface area contributed by atoms with Crippen LogP contribution in [0.3, 0.4) is 0 Å². The van der Waals surface area contributed by atoms with E-state index in [2.05, 4.69) is 0 Å². The Bertz CT molecular complexity index is 285. The molecule has 0 unspecified atom stereocenters. The van der Waals surface area contributed by atoms with Gasteiger partial charge in [0.15, 0.2) is 0 Å². The molecule has 1 rings (SSSR count). The fourth-order valence-electron chi connectivity index (χ4n) is 1.30. The number of carbonyl (C=O) groups is 1. The molecule has 0 fully saturated rings.